The van der Waals surface area contributed by atoms with Gasteiger partial charge in [0.05, 0.1) is 0 Å². The van der Waals surface area contributed by atoms with Crippen molar-refractivity contribution < 1.29 is 29.0 Å². The minimum atomic E-state index is -1.20. The summed E-state index contributed by atoms with van der Waals surface area (Å²) in [4.78, 5) is 32.1. The number of rotatable bonds is 6. The van der Waals surface area contributed by atoms with Crippen molar-refractivity contribution in [1.82, 2.24) is 0 Å². The van der Waals surface area contributed by atoms with Crippen molar-refractivity contribution in [3.05, 3.63) is 0 Å². The number of esters is 2. The molecule has 0 amide bonds. The summed E-state index contributed by atoms with van der Waals surface area (Å²) in [6.07, 6.45) is -2.28. The van der Waals surface area contributed by atoms with Crippen molar-refractivity contribution in [1.29, 1.82) is 0 Å². The monoisotopic (exact) mass is 232 g/mol. The highest BCUT2D eigenvalue weighted by Gasteiger charge is 2.24. The van der Waals surface area contributed by atoms with Crippen LogP contribution >= 0.6 is 0 Å². The fourth-order valence-corrected chi connectivity index (χ4v) is 1.06. The largest absolute Gasteiger partial charge is 0.463 e. The molecular formula is C10H16O6. The Kier molecular flexibility index (Phi) is 6.32. The third-order valence-electron chi connectivity index (χ3n) is 1.69. The third kappa shape index (κ3) is 6.94. The molecule has 0 spiro atoms. The van der Waals surface area contributed by atoms with Gasteiger partial charge in [0.15, 0.2) is 0 Å². The summed E-state index contributed by atoms with van der Waals surface area (Å²) >= 11 is 0. The highest BCUT2D eigenvalue weighted by atomic mass is 16.6. The van der Waals surface area contributed by atoms with E-state index in [1.54, 1.807) is 0 Å². The molecule has 0 aromatic heterocycles. The molecule has 6 heteroatoms. The van der Waals surface area contributed by atoms with Gasteiger partial charge in [-0.15, -0.1) is 0 Å². The zero-order chi connectivity index (χ0) is 12.7. The molecule has 0 saturated heterocycles. The number of ketones is 1. The van der Waals surface area contributed by atoms with Gasteiger partial charge in [0.2, 0.25) is 0 Å². The molecule has 0 radical (unpaired) electrons. The Bertz CT molecular complexity index is 256. The van der Waals surface area contributed by atoms with E-state index in [0.717, 1.165) is 0 Å². The van der Waals surface area contributed by atoms with Crippen molar-refractivity contribution in [2.45, 2.75) is 39.4 Å². The fraction of sp³-hybridized carbons (Fsp3) is 0.700. The Hall–Kier alpha value is -1.43. The summed E-state index contributed by atoms with van der Waals surface area (Å²) in [6.45, 7) is 3.37. The standard InChI is InChI=1S/C10H16O6/c1-6(11)4-10(16-8(3)13)9(14)5-15-7(2)12/h9-10,14H,4-5H2,1-3H3/t9-,10+/m1/s1. The minimum Gasteiger partial charge on any atom is -0.463 e. The molecule has 0 aromatic carbocycles. The van der Waals surface area contributed by atoms with Gasteiger partial charge in [-0.2, -0.15) is 0 Å². The third-order valence-corrected chi connectivity index (χ3v) is 1.69. The van der Waals surface area contributed by atoms with E-state index in [2.05, 4.69) is 4.74 Å². The van der Waals surface area contributed by atoms with Crippen molar-refractivity contribution >= 4 is 17.7 Å². The lowest BCUT2D eigenvalue weighted by Crippen LogP contribution is -2.36. The summed E-state index contributed by atoms with van der Waals surface area (Å²) in [6, 6.07) is 0. The van der Waals surface area contributed by atoms with E-state index in [-0.39, 0.29) is 18.8 Å². The number of hydrogen-bond donors (Lipinski definition) is 1. The van der Waals surface area contributed by atoms with Gasteiger partial charge in [-0.25, -0.2) is 0 Å². The fourth-order valence-electron chi connectivity index (χ4n) is 1.06. The molecule has 6 nitrogen and oxygen atoms in total. The second-order valence-electron chi connectivity index (χ2n) is 3.42. The molecular weight excluding hydrogens is 216 g/mol. The Morgan fingerprint density at radius 1 is 1.12 bits per heavy atom. The van der Waals surface area contributed by atoms with Crippen LogP contribution in [0.1, 0.15) is 27.2 Å². The summed E-state index contributed by atoms with van der Waals surface area (Å²) in [5.74, 6) is -1.38. The maximum Gasteiger partial charge on any atom is 0.303 e. The summed E-state index contributed by atoms with van der Waals surface area (Å²) < 4.78 is 9.31. The van der Waals surface area contributed by atoms with Crippen molar-refractivity contribution in [3.63, 3.8) is 0 Å². The van der Waals surface area contributed by atoms with Crippen molar-refractivity contribution in [2.75, 3.05) is 6.61 Å². The lowest BCUT2D eigenvalue weighted by atomic mass is 10.1. The quantitative estimate of drug-likeness (QED) is 0.639. The zero-order valence-electron chi connectivity index (χ0n) is 9.56. The lowest BCUT2D eigenvalue weighted by Gasteiger charge is -2.21. The molecule has 0 unspecified atom stereocenters. The van der Waals surface area contributed by atoms with E-state index in [1.165, 1.54) is 20.8 Å². The van der Waals surface area contributed by atoms with Crippen LogP contribution in [-0.4, -0.2) is 41.6 Å². The number of carbonyl (C=O) groups is 3. The molecule has 0 aliphatic rings. The van der Waals surface area contributed by atoms with Crippen molar-refractivity contribution in [3.8, 4) is 0 Å². The van der Waals surface area contributed by atoms with Gasteiger partial charge in [-0.3, -0.25) is 14.4 Å². The van der Waals surface area contributed by atoms with Gasteiger partial charge in [0, 0.05) is 20.3 Å². The molecule has 0 bridgehead atoms. The van der Waals surface area contributed by atoms with Crippen molar-refractivity contribution in [2.24, 2.45) is 0 Å². The van der Waals surface area contributed by atoms with Crippen LogP contribution < -0.4 is 0 Å². The number of aliphatic hydroxyl groups excluding tert-OH is 1. The van der Waals surface area contributed by atoms with E-state index in [1.807, 2.05) is 0 Å². The van der Waals surface area contributed by atoms with Crippen LogP contribution in [-0.2, 0) is 23.9 Å². The second kappa shape index (κ2) is 6.95. The van der Waals surface area contributed by atoms with Gasteiger partial charge in [-0.05, 0) is 6.92 Å². The van der Waals surface area contributed by atoms with Crippen LogP contribution in [0.4, 0.5) is 0 Å². The SMILES string of the molecule is CC(=O)C[C@H](OC(C)=O)[C@H](O)COC(C)=O. The predicted molar refractivity (Wildman–Crippen MR) is 53.5 cm³/mol. The highest BCUT2D eigenvalue weighted by molar-refractivity contribution is 5.76. The number of aliphatic hydroxyl groups is 1. The first kappa shape index (κ1) is 14.6. The first-order valence-electron chi connectivity index (χ1n) is 4.81. The molecule has 0 heterocycles. The van der Waals surface area contributed by atoms with Crippen LogP contribution in [0, 0.1) is 0 Å². The van der Waals surface area contributed by atoms with Gasteiger partial charge in [-0.1, -0.05) is 0 Å². The molecule has 92 valence electrons. The maximum atomic E-state index is 10.9. The molecule has 1 N–H and O–H groups in total. The lowest BCUT2D eigenvalue weighted by molar-refractivity contribution is -0.159. The topological polar surface area (TPSA) is 89.9 Å². The van der Waals surface area contributed by atoms with Crippen LogP contribution in [0.25, 0.3) is 0 Å². The average molecular weight is 232 g/mol. The summed E-state index contributed by atoms with van der Waals surface area (Å²) in [5.41, 5.74) is 0. The molecule has 0 aromatic rings. The van der Waals surface area contributed by atoms with Gasteiger partial charge in [0.25, 0.3) is 0 Å². The van der Waals surface area contributed by atoms with E-state index < -0.39 is 24.1 Å². The Balaban J connectivity index is 4.30. The molecule has 2 atom stereocenters. The Morgan fingerprint density at radius 3 is 2.06 bits per heavy atom. The molecule has 0 aliphatic heterocycles. The molecule has 16 heavy (non-hydrogen) atoms. The van der Waals surface area contributed by atoms with Crippen LogP contribution in [0.3, 0.4) is 0 Å². The number of hydrogen-bond acceptors (Lipinski definition) is 6. The molecule has 0 rings (SSSR count). The number of carbonyl (C=O) groups excluding carboxylic acids is 3. The number of Topliss-reactive ketones (excluding diaryl/α,β-unsaturated/α-hetero) is 1. The Morgan fingerprint density at radius 2 is 1.69 bits per heavy atom. The minimum absolute atomic E-state index is 0.109. The van der Waals surface area contributed by atoms with Crippen LogP contribution in [0.15, 0.2) is 0 Å². The first-order valence-corrected chi connectivity index (χ1v) is 4.81. The highest BCUT2D eigenvalue weighted by Crippen LogP contribution is 2.07. The Labute approximate surface area is 93.5 Å². The average Bonchev–Trinajstić information content (AvgIpc) is 2.11. The zero-order valence-corrected chi connectivity index (χ0v) is 9.56. The maximum absolute atomic E-state index is 10.9. The summed E-state index contributed by atoms with van der Waals surface area (Å²) in [5, 5.41) is 9.55. The normalized spacial score (nSPS) is 13.8. The second-order valence-corrected chi connectivity index (χ2v) is 3.42. The predicted octanol–water partition coefficient (Wildman–Crippen LogP) is -0.179. The molecule has 0 fully saturated rings. The van der Waals surface area contributed by atoms with Crippen LogP contribution in [0.2, 0.25) is 0 Å². The van der Waals surface area contributed by atoms with E-state index >= 15 is 0 Å². The van der Waals surface area contributed by atoms with Gasteiger partial charge < -0.3 is 14.6 Å². The van der Waals surface area contributed by atoms with Crippen LogP contribution in [0.5, 0.6) is 0 Å². The van der Waals surface area contributed by atoms with E-state index in [0.29, 0.717) is 0 Å². The van der Waals surface area contributed by atoms with Gasteiger partial charge >= 0.3 is 11.9 Å². The summed E-state index contributed by atoms with van der Waals surface area (Å²) in [7, 11) is 0. The van der Waals surface area contributed by atoms with E-state index in [9.17, 15) is 19.5 Å². The van der Waals surface area contributed by atoms with Gasteiger partial charge in [0.1, 0.15) is 24.6 Å². The smallest absolute Gasteiger partial charge is 0.303 e. The molecule has 0 saturated carbocycles. The first-order chi connectivity index (χ1) is 7.32. The number of ether oxygens (including phenoxy) is 2. The van der Waals surface area contributed by atoms with E-state index in [4.69, 9.17) is 4.74 Å². The molecule has 0 aliphatic carbocycles.